The number of anilines is 1. The summed E-state index contributed by atoms with van der Waals surface area (Å²) in [6, 6.07) is 3.84. The molecule has 3 amide bonds. The number of hydrogen-bond acceptors (Lipinski definition) is 3. The summed E-state index contributed by atoms with van der Waals surface area (Å²) in [5.41, 5.74) is 5.82. The quantitative estimate of drug-likeness (QED) is 0.859. The van der Waals surface area contributed by atoms with Gasteiger partial charge in [0.25, 0.3) is 0 Å². The third kappa shape index (κ3) is 3.23. The fraction of sp³-hybridized carbons (Fsp3) is 0.409. The van der Waals surface area contributed by atoms with Gasteiger partial charge in [0.1, 0.15) is 0 Å². The highest BCUT2D eigenvalue weighted by Crippen LogP contribution is 2.37. The van der Waals surface area contributed by atoms with Crippen molar-refractivity contribution in [1.29, 1.82) is 0 Å². The summed E-state index contributed by atoms with van der Waals surface area (Å²) in [6.07, 6.45) is 10.6. The van der Waals surface area contributed by atoms with E-state index in [1.165, 1.54) is 27.6 Å². The highest BCUT2D eigenvalue weighted by atomic mass is 16.2. The molecule has 1 aromatic heterocycles. The Balaban J connectivity index is 1.85. The van der Waals surface area contributed by atoms with E-state index in [2.05, 4.69) is 47.2 Å². The van der Waals surface area contributed by atoms with Crippen molar-refractivity contribution in [3.63, 3.8) is 0 Å². The molecule has 28 heavy (non-hydrogen) atoms. The highest BCUT2D eigenvalue weighted by molar-refractivity contribution is 6.08. The van der Waals surface area contributed by atoms with E-state index in [0.29, 0.717) is 13.0 Å². The maximum atomic E-state index is 12.5. The van der Waals surface area contributed by atoms with E-state index in [-0.39, 0.29) is 11.9 Å². The summed E-state index contributed by atoms with van der Waals surface area (Å²) in [6.45, 7) is 3.33. The van der Waals surface area contributed by atoms with Gasteiger partial charge in [-0.3, -0.25) is 20.0 Å². The van der Waals surface area contributed by atoms with Gasteiger partial charge in [-0.1, -0.05) is 25.5 Å². The van der Waals surface area contributed by atoms with E-state index >= 15 is 0 Å². The van der Waals surface area contributed by atoms with Crippen LogP contribution in [0.2, 0.25) is 0 Å². The molecule has 0 aliphatic carbocycles. The molecule has 4 rings (SSSR count). The summed E-state index contributed by atoms with van der Waals surface area (Å²) < 4.78 is 2.18. The van der Waals surface area contributed by atoms with Gasteiger partial charge in [-0.15, -0.1) is 0 Å². The summed E-state index contributed by atoms with van der Waals surface area (Å²) in [7, 11) is 2.07. The van der Waals surface area contributed by atoms with E-state index in [1.807, 2.05) is 12.3 Å². The minimum atomic E-state index is -0.325. The molecule has 1 saturated heterocycles. The number of dihydropyridines is 1. The Bertz CT molecular complexity index is 1000. The first-order chi connectivity index (χ1) is 13.6. The molecule has 0 radical (unpaired) electrons. The van der Waals surface area contributed by atoms with Crippen molar-refractivity contribution in [3.8, 4) is 0 Å². The number of nitrogens with one attached hydrogen (secondary N) is 1. The maximum absolute atomic E-state index is 12.5. The van der Waals surface area contributed by atoms with Crippen LogP contribution in [-0.2, 0) is 18.3 Å². The Morgan fingerprint density at radius 1 is 1.25 bits per heavy atom. The molecule has 2 aliphatic heterocycles. The number of unbranched alkanes of at least 4 members (excludes halogenated alkanes) is 1. The van der Waals surface area contributed by atoms with Crippen LogP contribution in [0.1, 0.15) is 43.7 Å². The van der Waals surface area contributed by atoms with Gasteiger partial charge in [0.15, 0.2) is 0 Å². The second kappa shape index (κ2) is 7.62. The number of aliphatic imine (C=N–C) groups is 1. The number of imide groups is 1. The van der Waals surface area contributed by atoms with Crippen LogP contribution in [-0.4, -0.2) is 35.8 Å². The summed E-state index contributed by atoms with van der Waals surface area (Å²) in [5, 5.41) is 3.66. The lowest BCUT2D eigenvalue weighted by atomic mass is 9.96. The van der Waals surface area contributed by atoms with Crippen LogP contribution in [0.3, 0.4) is 0 Å². The van der Waals surface area contributed by atoms with E-state index in [9.17, 15) is 9.59 Å². The number of benzene rings is 1. The molecular formula is C22H26N4O2. The summed E-state index contributed by atoms with van der Waals surface area (Å²) in [4.78, 5) is 30.1. The van der Waals surface area contributed by atoms with E-state index in [0.717, 1.165) is 37.9 Å². The smallest absolute Gasteiger partial charge is 0.328 e. The Morgan fingerprint density at radius 3 is 2.82 bits per heavy atom. The van der Waals surface area contributed by atoms with Crippen LogP contribution in [0, 0.1) is 0 Å². The highest BCUT2D eigenvalue weighted by Gasteiger charge is 2.27. The molecule has 0 bridgehead atoms. The molecule has 1 N–H and O–H groups in total. The lowest BCUT2D eigenvalue weighted by Crippen LogP contribution is -2.49. The van der Waals surface area contributed by atoms with Gasteiger partial charge in [0.05, 0.1) is 17.7 Å². The normalized spacial score (nSPS) is 17.2. The molecule has 0 saturated carbocycles. The van der Waals surface area contributed by atoms with Gasteiger partial charge in [-0.05, 0) is 24.5 Å². The fourth-order valence-electron chi connectivity index (χ4n) is 4.18. The third-order valence-electron chi connectivity index (χ3n) is 5.58. The zero-order valence-electron chi connectivity index (χ0n) is 16.5. The van der Waals surface area contributed by atoms with Crippen molar-refractivity contribution in [2.75, 3.05) is 18.0 Å². The Hall–Kier alpha value is -2.89. The lowest BCUT2D eigenvalue weighted by molar-refractivity contribution is -0.120. The number of aromatic nitrogens is 1. The summed E-state index contributed by atoms with van der Waals surface area (Å²) >= 11 is 0. The molecule has 6 nitrogen and oxygen atoms in total. The summed E-state index contributed by atoms with van der Waals surface area (Å²) in [5.74, 6) is -0.204. The van der Waals surface area contributed by atoms with Crippen LogP contribution in [0.25, 0.3) is 16.5 Å². The molecule has 6 heteroatoms. The minimum absolute atomic E-state index is 0.204. The largest absolute Gasteiger partial charge is 0.350 e. The predicted molar refractivity (Wildman–Crippen MR) is 113 cm³/mol. The van der Waals surface area contributed by atoms with Crippen LogP contribution < -0.4 is 10.2 Å². The Labute approximate surface area is 164 Å². The zero-order chi connectivity index (χ0) is 19.7. The molecule has 1 fully saturated rings. The zero-order valence-corrected chi connectivity index (χ0v) is 16.5. The number of rotatable bonds is 5. The molecule has 3 heterocycles. The first kappa shape index (κ1) is 18.5. The monoisotopic (exact) mass is 378 g/mol. The number of carbonyl (C=O) groups excluding carboxylic acids is 2. The van der Waals surface area contributed by atoms with E-state index < -0.39 is 0 Å². The average molecular weight is 378 g/mol. The second-order valence-electron chi connectivity index (χ2n) is 7.45. The number of amides is 3. The van der Waals surface area contributed by atoms with Gasteiger partial charge in [0, 0.05) is 55.4 Å². The first-order valence-electron chi connectivity index (χ1n) is 10.00. The first-order valence-corrected chi connectivity index (χ1v) is 10.00. The molecule has 2 aliphatic rings. The van der Waals surface area contributed by atoms with Gasteiger partial charge in [-0.25, -0.2) is 4.79 Å². The molecule has 2 aromatic rings. The number of nitrogens with zero attached hydrogens (tertiary/aromatic N) is 3. The van der Waals surface area contributed by atoms with Gasteiger partial charge >= 0.3 is 6.03 Å². The van der Waals surface area contributed by atoms with Crippen molar-refractivity contribution in [2.24, 2.45) is 12.0 Å². The van der Waals surface area contributed by atoms with Crippen molar-refractivity contribution in [3.05, 3.63) is 35.5 Å². The van der Waals surface area contributed by atoms with Gasteiger partial charge < -0.3 is 4.57 Å². The third-order valence-corrected chi connectivity index (χ3v) is 5.58. The van der Waals surface area contributed by atoms with Crippen molar-refractivity contribution >= 4 is 40.3 Å². The van der Waals surface area contributed by atoms with Crippen LogP contribution >= 0.6 is 0 Å². The molecule has 0 unspecified atom stereocenters. The topological polar surface area (TPSA) is 66.7 Å². The molecule has 0 spiro atoms. The Morgan fingerprint density at radius 2 is 2.11 bits per heavy atom. The molecular weight excluding hydrogens is 352 g/mol. The predicted octanol–water partition coefficient (Wildman–Crippen LogP) is 3.83. The van der Waals surface area contributed by atoms with Crippen LogP contribution in [0.5, 0.6) is 0 Å². The molecule has 146 valence electrons. The molecule has 1 aromatic carbocycles. The maximum Gasteiger partial charge on any atom is 0.328 e. The van der Waals surface area contributed by atoms with E-state index in [1.54, 1.807) is 4.90 Å². The standard InChI is InChI=1S/C22H26N4O2/c1-3-4-5-17-19(26-13-10-20(27)24-22(26)28)7-6-16-18(14-25(2)21(16)17)15-8-11-23-12-9-15/h6-8,12,14H,3-5,9-11,13H2,1-2H3,(H,24,27,28). The van der Waals surface area contributed by atoms with Gasteiger partial charge in [0.2, 0.25) is 5.91 Å². The van der Waals surface area contributed by atoms with Crippen molar-refractivity contribution in [1.82, 2.24) is 9.88 Å². The average Bonchev–Trinajstić information content (AvgIpc) is 3.04. The number of carbonyl (C=O) groups is 2. The minimum Gasteiger partial charge on any atom is -0.350 e. The number of urea groups is 1. The fourth-order valence-corrected chi connectivity index (χ4v) is 4.18. The van der Waals surface area contributed by atoms with Crippen LogP contribution in [0.4, 0.5) is 10.5 Å². The number of fused-ring (bicyclic) bond motifs is 1. The van der Waals surface area contributed by atoms with Crippen molar-refractivity contribution < 1.29 is 9.59 Å². The number of allylic oxidation sites excluding steroid dienone is 1. The SMILES string of the molecule is CCCCc1c(N2CCC(=O)NC2=O)ccc2c(C3=CCN=CC3)cn(C)c12. The number of hydrogen-bond donors (Lipinski definition) is 1. The molecule has 0 atom stereocenters. The van der Waals surface area contributed by atoms with Gasteiger partial charge in [-0.2, -0.15) is 0 Å². The number of aryl methyl sites for hydroxylation is 2. The van der Waals surface area contributed by atoms with Crippen molar-refractivity contribution in [2.45, 2.75) is 39.0 Å². The lowest BCUT2D eigenvalue weighted by Gasteiger charge is -2.29. The van der Waals surface area contributed by atoms with Crippen LogP contribution in [0.15, 0.2) is 29.4 Å². The second-order valence-corrected chi connectivity index (χ2v) is 7.45. The van der Waals surface area contributed by atoms with E-state index in [4.69, 9.17) is 0 Å². The Kier molecular flexibility index (Phi) is 5.03.